The van der Waals surface area contributed by atoms with Crippen molar-refractivity contribution in [3.63, 3.8) is 0 Å². The quantitative estimate of drug-likeness (QED) is 0.700. The second-order valence-corrected chi connectivity index (χ2v) is 7.20. The molecule has 0 unspecified atom stereocenters. The van der Waals surface area contributed by atoms with Crippen LogP contribution in [0.3, 0.4) is 0 Å². The lowest BCUT2D eigenvalue weighted by atomic mass is 9.91. The van der Waals surface area contributed by atoms with Gasteiger partial charge in [0.15, 0.2) is 0 Å². The van der Waals surface area contributed by atoms with Gasteiger partial charge in [-0.05, 0) is 23.7 Å². The first-order valence-electron chi connectivity index (χ1n) is 6.39. The van der Waals surface area contributed by atoms with Crippen LogP contribution in [0.25, 0.3) is 0 Å². The molecule has 0 heterocycles. The van der Waals surface area contributed by atoms with E-state index < -0.39 is 0 Å². The molecule has 1 amide bonds. The number of ether oxygens (including phenoxy) is 1. The third kappa shape index (κ3) is 10.2. The van der Waals surface area contributed by atoms with Gasteiger partial charge in [0.2, 0.25) is 0 Å². The summed E-state index contributed by atoms with van der Waals surface area (Å²) in [6.07, 6.45) is 1.79. The van der Waals surface area contributed by atoms with E-state index in [1.807, 2.05) is 0 Å². The number of carbonyl (C=O) groups excluding carboxylic acids is 1. The van der Waals surface area contributed by atoms with E-state index in [1.54, 1.807) is 11.9 Å². The third-order valence-corrected chi connectivity index (χ3v) is 2.32. The van der Waals surface area contributed by atoms with Crippen LogP contribution in [-0.2, 0) is 4.74 Å². The first-order chi connectivity index (χ1) is 7.51. The minimum Gasteiger partial charge on any atom is -0.449 e. The van der Waals surface area contributed by atoms with Gasteiger partial charge in [-0.15, -0.1) is 0 Å². The number of amides is 1. The fourth-order valence-electron chi connectivity index (χ4n) is 1.65. The topological polar surface area (TPSA) is 29.5 Å². The molecule has 0 aliphatic heterocycles. The van der Waals surface area contributed by atoms with Gasteiger partial charge in [0.05, 0.1) is 6.61 Å². The maximum absolute atomic E-state index is 11.6. The van der Waals surface area contributed by atoms with Crippen LogP contribution in [-0.4, -0.2) is 31.2 Å². The van der Waals surface area contributed by atoms with Gasteiger partial charge in [0, 0.05) is 13.6 Å². The van der Waals surface area contributed by atoms with Crippen LogP contribution in [0.1, 0.15) is 54.4 Å². The molecule has 0 bridgehead atoms. The zero-order valence-electron chi connectivity index (χ0n) is 12.6. The predicted octanol–water partition coefficient (Wildman–Crippen LogP) is 3.93. The molecule has 0 N–H and O–H groups in total. The molecule has 0 atom stereocenters. The summed E-state index contributed by atoms with van der Waals surface area (Å²) in [6.45, 7) is 14.1. The maximum Gasteiger partial charge on any atom is 0.409 e. The largest absolute Gasteiger partial charge is 0.449 e. The Morgan fingerprint density at radius 3 is 2.00 bits per heavy atom. The van der Waals surface area contributed by atoms with Crippen molar-refractivity contribution in [2.45, 2.75) is 54.4 Å². The van der Waals surface area contributed by atoms with Crippen molar-refractivity contribution in [2.75, 3.05) is 20.2 Å². The third-order valence-electron chi connectivity index (χ3n) is 2.32. The average molecular weight is 243 g/mol. The number of nitrogens with zero attached hydrogens (tertiary/aromatic N) is 1. The van der Waals surface area contributed by atoms with E-state index in [1.165, 1.54) is 0 Å². The highest BCUT2D eigenvalue weighted by Gasteiger charge is 2.18. The van der Waals surface area contributed by atoms with E-state index in [9.17, 15) is 4.79 Å². The normalized spacial score (nSPS) is 12.4. The van der Waals surface area contributed by atoms with E-state index >= 15 is 0 Å². The first kappa shape index (κ1) is 16.3. The molecule has 0 spiro atoms. The lowest BCUT2D eigenvalue weighted by Gasteiger charge is -2.26. The summed E-state index contributed by atoms with van der Waals surface area (Å²) in [5, 5.41) is 0. The Kier molecular flexibility index (Phi) is 6.00. The van der Waals surface area contributed by atoms with E-state index in [2.05, 4.69) is 41.5 Å². The fourth-order valence-corrected chi connectivity index (χ4v) is 1.65. The van der Waals surface area contributed by atoms with Gasteiger partial charge in [-0.3, -0.25) is 0 Å². The summed E-state index contributed by atoms with van der Waals surface area (Å²) < 4.78 is 5.23. The molecule has 0 fully saturated rings. The summed E-state index contributed by atoms with van der Waals surface area (Å²) in [6, 6.07) is 0. The molecule has 0 saturated heterocycles. The number of hydrogen-bond donors (Lipinski definition) is 0. The molecule has 0 saturated carbocycles. The Morgan fingerprint density at radius 2 is 1.59 bits per heavy atom. The molecule has 0 aromatic heterocycles. The van der Waals surface area contributed by atoms with E-state index in [4.69, 9.17) is 4.74 Å². The summed E-state index contributed by atoms with van der Waals surface area (Å²) in [5.41, 5.74) is 0.420. The summed E-state index contributed by atoms with van der Waals surface area (Å²) in [4.78, 5) is 13.3. The van der Waals surface area contributed by atoms with Crippen LogP contribution < -0.4 is 0 Å². The maximum atomic E-state index is 11.6. The van der Waals surface area contributed by atoms with Crippen molar-refractivity contribution in [1.29, 1.82) is 0 Å². The standard InChI is InChI=1S/C14H29NO2/c1-13(2,3)9-8-10-17-12(16)15(7)11-14(4,5)6/h8-11H2,1-7H3. The lowest BCUT2D eigenvalue weighted by molar-refractivity contribution is 0.0952. The van der Waals surface area contributed by atoms with Crippen LogP contribution >= 0.6 is 0 Å². The number of hydrogen-bond acceptors (Lipinski definition) is 2. The zero-order chi connectivity index (χ0) is 13.7. The van der Waals surface area contributed by atoms with Crippen molar-refractivity contribution in [2.24, 2.45) is 10.8 Å². The second kappa shape index (κ2) is 6.27. The van der Waals surface area contributed by atoms with Crippen LogP contribution in [0.2, 0.25) is 0 Å². The van der Waals surface area contributed by atoms with Gasteiger partial charge in [-0.1, -0.05) is 41.5 Å². The molecule has 0 rings (SSSR count). The Bertz CT molecular complexity index is 236. The molecule has 0 aromatic rings. The van der Waals surface area contributed by atoms with Gasteiger partial charge >= 0.3 is 6.09 Å². The second-order valence-electron chi connectivity index (χ2n) is 7.20. The fraction of sp³-hybridized carbons (Fsp3) is 0.929. The molecule has 3 heteroatoms. The molecule has 3 nitrogen and oxygen atoms in total. The van der Waals surface area contributed by atoms with Gasteiger partial charge in [0.25, 0.3) is 0 Å². The van der Waals surface area contributed by atoms with Gasteiger partial charge in [0.1, 0.15) is 0 Å². The minimum atomic E-state index is -0.214. The summed E-state index contributed by atoms with van der Waals surface area (Å²) in [5.74, 6) is 0. The SMILES string of the molecule is CN(CC(C)(C)C)C(=O)OCCCC(C)(C)C. The Balaban J connectivity index is 3.80. The van der Waals surface area contributed by atoms with Crippen molar-refractivity contribution in [3.8, 4) is 0 Å². The van der Waals surface area contributed by atoms with Crippen molar-refractivity contribution < 1.29 is 9.53 Å². The molecule has 102 valence electrons. The van der Waals surface area contributed by atoms with Crippen LogP contribution in [0.15, 0.2) is 0 Å². The highest BCUT2D eigenvalue weighted by molar-refractivity contribution is 5.67. The molecule has 17 heavy (non-hydrogen) atoms. The highest BCUT2D eigenvalue weighted by atomic mass is 16.6. The van der Waals surface area contributed by atoms with Crippen LogP contribution in [0.4, 0.5) is 4.79 Å². The van der Waals surface area contributed by atoms with E-state index in [-0.39, 0.29) is 11.5 Å². The van der Waals surface area contributed by atoms with Crippen molar-refractivity contribution >= 4 is 6.09 Å². The van der Waals surface area contributed by atoms with Crippen LogP contribution in [0.5, 0.6) is 0 Å². The average Bonchev–Trinajstić information content (AvgIpc) is 2.07. The Labute approximate surface area is 107 Å². The summed E-state index contributed by atoms with van der Waals surface area (Å²) >= 11 is 0. The molecule has 0 aromatic carbocycles. The predicted molar refractivity (Wildman–Crippen MR) is 72.1 cm³/mol. The smallest absolute Gasteiger partial charge is 0.409 e. The molecule has 0 aliphatic carbocycles. The van der Waals surface area contributed by atoms with Crippen molar-refractivity contribution in [1.82, 2.24) is 4.90 Å². The Hall–Kier alpha value is -0.730. The molecular weight excluding hydrogens is 214 g/mol. The van der Waals surface area contributed by atoms with E-state index in [0.29, 0.717) is 18.6 Å². The highest BCUT2D eigenvalue weighted by Crippen LogP contribution is 2.20. The Morgan fingerprint density at radius 1 is 1.06 bits per heavy atom. The monoisotopic (exact) mass is 243 g/mol. The molecule has 0 aliphatic rings. The minimum absolute atomic E-state index is 0.110. The zero-order valence-corrected chi connectivity index (χ0v) is 12.6. The molecule has 0 radical (unpaired) electrons. The van der Waals surface area contributed by atoms with Crippen molar-refractivity contribution in [3.05, 3.63) is 0 Å². The van der Waals surface area contributed by atoms with Gasteiger partial charge in [-0.25, -0.2) is 4.79 Å². The molecular formula is C14H29NO2. The number of rotatable bonds is 4. The number of carbonyl (C=O) groups is 1. The van der Waals surface area contributed by atoms with Gasteiger partial charge in [-0.2, -0.15) is 0 Å². The van der Waals surface area contributed by atoms with Gasteiger partial charge < -0.3 is 9.64 Å². The van der Waals surface area contributed by atoms with Crippen LogP contribution in [0, 0.1) is 10.8 Å². The van der Waals surface area contributed by atoms with E-state index in [0.717, 1.165) is 12.8 Å². The first-order valence-corrected chi connectivity index (χ1v) is 6.39. The summed E-state index contributed by atoms with van der Waals surface area (Å²) in [7, 11) is 1.79. The lowest BCUT2D eigenvalue weighted by Crippen LogP contribution is -2.35.